The molecule has 2 nitrogen and oxygen atoms in total. The van der Waals surface area contributed by atoms with E-state index in [-0.39, 0.29) is 11.2 Å². The number of hydrogen-bond donors (Lipinski definition) is 1. The van der Waals surface area contributed by atoms with Gasteiger partial charge in [0.1, 0.15) is 0 Å². The Kier molecular flexibility index (Phi) is 6.53. The van der Waals surface area contributed by atoms with E-state index in [1.54, 1.807) is 11.8 Å². The van der Waals surface area contributed by atoms with Gasteiger partial charge in [0.15, 0.2) is 0 Å². The van der Waals surface area contributed by atoms with Crippen molar-refractivity contribution in [3.8, 4) is 0 Å². The Hall–Kier alpha value is -1.74. The van der Waals surface area contributed by atoms with E-state index in [0.717, 1.165) is 24.3 Å². The number of hydrogen-bond acceptors (Lipinski definition) is 2. The molecule has 0 aliphatic carbocycles. The summed E-state index contributed by atoms with van der Waals surface area (Å²) in [6.07, 6.45) is 1.97. The second-order valence-corrected chi connectivity index (χ2v) is 6.87. The molecule has 0 fully saturated rings. The van der Waals surface area contributed by atoms with Crippen LogP contribution in [0.3, 0.4) is 0 Å². The van der Waals surface area contributed by atoms with E-state index in [0.29, 0.717) is 0 Å². The fraction of sp³-hybridized carbons (Fsp3) is 0.316. The molecular weight excluding hydrogens is 290 g/mol. The molecule has 22 heavy (non-hydrogen) atoms. The van der Waals surface area contributed by atoms with Gasteiger partial charge in [0.2, 0.25) is 5.91 Å². The lowest BCUT2D eigenvalue weighted by molar-refractivity contribution is -0.120. The van der Waals surface area contributed by atoms with Crippen LogP contribution < -0.4 is 5.32 Å². The van der Waals surface area contributed by atoms with Crippen molar-refractivity contribution in [2.24, 2.45) is 0 Å². The number of aryl methyl sites for hydroxylation is 2. The monoisotopic (exact) mass is 313 g/mol. The first-order valence-electron chi connectivity index (χ1n) is 7.70. The third kappa shape index (κ3) is 5.57. The van der Waals surface area contributed by atoms with Crippen molar-refractivity contribution in [3.63, 3.8) is 0 Å². The summed E-state index contributed by atoms with van der Waals surface area (Å²) in [5.74, 6) is 0.110. The van der Waals surface area contributed by atoms with E-state index >= 15 is 0 Å². The minimum atomic E-state index is -0.0700. The molecule has 2 rings (SSSR count). The van der Waals surface area contributed by atoms with Gasteiger partial charge in [0.05, 0.1) is 5.25 Å². The fourth-order valence-electron chi connectivity index (χ4n) is 2.17. The lowest BCUT2D eigenvalue weighted by Gasteiger charge is -2.12. The van der Waals surface area contributed by atoms with Crippen molar-refractivity contribution in [2.45, 2.75) is 36.8 Å². The summed E-state index contributed by atoms with van der Waals surface area (Å²) in [4.78, 5) is 13.2. The van der Waals surface area contributed by atoms with Gasteiger partial charge in [-0.15, -0.1) is 11.8 Å². The summed E-state index contributed by atoms with van der Waals surface area (Å²) >= 11 is 1.60. The number of benzene rings is 2. The van der Waals surface area contributed by atoms with Crippen LogP contribution in [0.15, 0.2) is 59.5 Å². The zero-order chi connectivity index (χ0) is 15.8. The van der Waals surface area contributed by atoms with Gasteiger partial charge in [-0.3, -0.25) is 4.79 Å². The molecule has 1 N–H and O–H groups in total. The highest BCUT2D eigenvalue weighted by molar-refractivity contribution is 8.00. The maximum atomic E-state index is 12.1. The maximum absolute atomic E-state index is 12.1. The molecule has 0 aliphatic heterocycles. The van der Waals surface area contributed by atoms with Crippen molar-refractivity contribution in [1.29, 1.82) is 0 Å². The molecule has 0 saturated heterocycles. The third-order valence-corrected chi connectivity index (χ3v) is 4.60. The van der Waals surface area contributed by atoms with Gasteiger partial charge >= 0.3 is 0 Å². The molecule has 0 saturated carbocycles. The first kappa shape index (κ1) is 16.6. The summed E-state index contributed by atoms with van der Waals surface area (Å²) in [6.45, 7) is 4.75. The molecule has 2 aromatic carbocycles. The lowest BCUT2D eigenvalue weighted by atomic mass is 10.1. The van der Waals surface area contributed by atoms with Crippen LogP contribution in [0, 0.1) is 6.92 Å². The van der Waals surface area contributed by atoms with E-state index in [4.69, 9.17) is 0 Å². The molecule has 2 aromatic rings. The summed E-state index contributed by atoms with van der Waals surface area (Å²) in [5.41, 5.74) is 2.56. The molecule has 1 unspecified atom stereocenters. The third-order valence-electron chi connectivity index (χ3n) is 3.49. The Morgan fingerprint density at radius 2 is 1.77 bits per heavy atom. The number of amides is 1. The largest absolute Gasteiger partial charge is 0.355 e. The van der Waals surface area contributed by atoms with Crippen molar-refractivity contribution in [3.05, 3.63) is 65.7 Å². The molecule has 0 bridgehead atoms. The highest BCUT2D eigenvalue weighted by Gasteiger charge is 2.13. The predicted molar refractivity (Wildman–Crippen MR) is 94.3 cm³/mol. The zero-order valence-corrected chi connectivity index (χ0v) is 14.0. The van der Waals surface area contributed by atoms with Crippen LogP contribution in [0.25, 0.3) is 0 Å². The molecule has 0 spiro atoms. The van der Waals surface area contributed by atoms with Crippen molar-refractivity contribution in [1.82, 2.24) is 5.32 Å². The van der Waals surface area contributed by atoms with Gasteiger partial charge in [-0.2, -0.15) is 0 Å². The number of carbonyl (C=O) groups excluding carboxylic acids is 1. The standard InChI is InChI=1S/C19H23NOS/c1-15-10-12-18(13-11-15)22-16(2)19(21)20-14-6-9-17-7-4-3-5-8-17/h3-5,7-8,10-13,16H,6,9,14H2,1-2H3,(H,20,21). The van der Waals surface area contributed by atoms with E-state index < -0.39 is 0 Å². The minimum Gasteiger partial charge on any atom is -0.355 e. The van der Waals surface area contributed by atoms with Crippen LogP contribution in [-0.4, -0.2) is 17.7 Å². The minimum absolute atomic E-state index is 0.0700. The SMILES string of the molecule is Cc1ccc(SC(C)C(=O)NCCCc2ccccc2)cc1. The van der Waals surface area contributed by atoms with Crippen LogP contribution in [0.5, 0.6) is 0 Å². The summed E-state index contributed by atoms with van der Waals surface area (Å²) in [5, 5.41) is 2.95. The van der Waals surface area contributed by atoms with Crippen LogP contribution in [0.2, 0.25) is 0 Å². The predicted octanol–water partition coefficient (Wildman–Crippen LogP) is 4.22. The van der Waals surface area contributed by atoms with Gasteiger partial charge in [0, 0.05) is 11.4 Å². The van der Waals surface area contributed by atoms with Crippen molar-refractivity contribution in [2.75, 3.05) is 6.54 Å². The Balaban J connectivity index is 1.69. The second-order valence-electron chi connectivity index (χ2n) is 5.45. The molecule has 116 valence electrons. The summed E-state index contributed by atoms with van der Waals surface area (Å²) in [7, 11) is 0. The highest BCUT2D eigenvalue weighted by Crippen LogP contribution is 2.23. The average molecular weight is 313 g/mol. The molecule has 0 aromatic heterocycles. The smallest absolute Gasteiger partial charge is 0.233 e. The number of carbonyl (C=O) groups is 1. The Morgan fingerprint density at radius 1 is 1.09 bits per heavy atom. The van der Waals surface area contributed by atoms with Gasteiger partial charge in [-0.1, -0.05) is 48.0 Å². The van der Waals surface area contributed by atoms with E-state index in [1.807, 2.05) is 25.1 Å². The molecule has 0 radical (unpaired) electrons. The molecule has 0 aliphatic rings. The fourth-order valence-corrected chi connectivity index (χ4v) is 3.06. The Morgan fingerprint density at radius 3 is 2.45 bits per heavy atom. The van der Waals surface area contributed by atoms with Gasteiger partial charge in [-0.05, 0) is 44.4 Å². The molecule has 1 amide bonds. The average Bonchev–Trinajstić information content (AvgIpc) is 2.54. The van der Waals surface area contributed by atoms with Crippen LogP contribution in [0.1, 0.15) is 24.5 Å². The van der Waals surface area contributed by atoms with Gasteiger partial charge < -0.3 is 5.32 Å². The number of rotatable bonds is 7. The summed E-state index contributed by atoms with van der Waals surface area (Å²) < 4.78 is 0. The maximum Gasteiger partial charge on any atom is 0.233 e. The first-order valence-corrected chi connectivity index (χ1v) is 8.58. The van der Waals surface area contributed by atoms with Gasteiger partial charge in [0.25, 0.3) is 0 Å². The zero-order valence-electron chi connectivity index (χ0n) is 13.2. The number of nitrogens with one attached hydrogen (secondary N) is 1. The molecular formula is C19H23NOS. The highest BCUT2D eigenvalue weighted by atomic mass is 32.2. The summed E-state index contributed by atoms with van der Waals surface area (Å²) in [6, 6.07) is 18.7. The van der Waals surface area contributed by atoms with Gasteiger partial charge in [-0.25, -0.2) is 0 Å². The second kappa shape index (κ2) is 8.64. The van der Waals surface area contributed by atoms with Crippen LogP contribution in [0.4, 0.5) is 0 Å². The van der Waals surface area contributed by atoms with E-state index in [1.165, 1.54) is 11.1 Å². The van der Waals surface area contributed by atoms with E-state index in [9.17, 15) is 4.79 Å². The molecule has 0 heterocycles. The Labute approximate surface area is 137 Å². The van der Waals surface area contributed by atoms with E-state index in [2.05, 4.69) is 48.6 Å². The van der Waals surface area contributed by atoms with Crippen molar-refractivity contribution >= 4 is 17.7 Å². The topological polar surface area (TPSA) is 29.1 Å². The molecule has 3 heteroatoms. The first-order chi connectivity index (χ1) is 10.6. The van der Waals surface area contributed by atoms with Crippen molar-refractivity contribution < 1.29 is 4.79 Å². The molecule has 1 atom stereocenters. The quantitative estimate of drug-likeness (QED) is 0.612. The van der Waals surface area contributed by atoms with Crippen LogP contribution in [-0.2, 0) is 11.2 Å². The normalized spacial score (nSPS) is 11.9. The number of thioether (sulfide) groups is 1. The Bertz CT molecular complexity index is 580. The van der Waals surface area contributed by atoms with Crippen LogP contribution >= 0.6 is 11.8 Å². The lowest BCUT2D eigenvalue weighted by Crippen LogP contribution is -2.31.